The van der Waals surface area contributed by atoms with Crippen LogP contribution in [0.2, 0.25) is 0 Å². The first kappa shape index (κ1) is 23.9. The van der Waals surface area contributed by atoms with E-state index in [9.17, 15) is 14.4 Å². The first-order chi connectivity index (χ1) is 16.8. The Morgan fingerprint density at radius 3 is 2.46 bits per heavy atom. The highest BCUT2D eigenvalue weighted by Gasteiger charge is 2.20. The third-order valence-electron chi connectivity index (χ3n) is 6.24. The Bertz CT molecular complexity index is 1460. The first-order valence-corrected chi connectivity index (χ1v) is 11.5. The molecule has 0 aliphatic rings. The number of anilines is 1. The van der Waals surface area contributed by atoms with Crippen LogP contribution in [0.5, 0.6) is 0 Å². The second kappa shape index (κ2) is 9.93. The van der Waals surface area contributed by atoms with Gasteiger partial charge in [-0.05, 0) is 68.8 Å². The average molecular weight is 469 g/mol. The zero-order valence-electron chi connectivity index (χ0n) is 20.3. The van der Waals surface area contributed by atoms with E-state index in [4.69, 9.17) is 0 Å². The zero-order chi connectivity index (χ0) is 25.1. The fourth-order valence-corrected chi connectivity index (χ4v) is 4.09. The summed E-state index contributed by atoms with van der Waals surface area (Å²) in [4.78, 5) is 44.3. The standard InChI is InChI=1S/C28H28N4O3/c1-5-32-25-15-14-22(17-24(25)29-18(2)27(32)34)28(35)31(4)19(3)21-12-9-13-23(16-21)30-26(33)20-10-7-6-8-11-20/h6-17,19H,5H2,1-4H3,(H,30,33). The van der Waals surface area contributed by atoms with Gasteiger partial charge in [0.2, 0.25) is 0 Å². The molecule has 1 atom stereocenters. The van der Waals surface area contributed by atoms with E-state index in [0.717, 1.165) is 5.56 Å². The summed E-state index contributed by atoms with van der Waals surface area (Å²) >= 11 is 0. The van der Waals surface area contributed by atoms with E-state index in [0.29, 0.717) is 40.1 Å². The fraction of sp³-hybridized carbons (Fsp3) is 0.214. The van der Waals surface area contributed by atoms with Gasteiger partial charge in [-0.1, -0.05) is 30.3 Å². The lowest BCUT2D eigenvalue weighted by atomic mass is 10.0. The Morgan fingerprint density at radius 1 is 1.00 bits per heavy atom. The summed E-state index contributed by atoms with van der Waals surface area (Å²) < 4.78 is 1.66. The number of carbonyl (C=O) groups excluding carboxylic acids is 2. The van der Waals surface area contributed by atoms with Crippen LogP contribution in [0.1, 0.15) is 51.9 Å². The van der Waals surface area contributed by atoms with Crippen molar-refractivity contribution >= 4 is 28.5 Å². The minimum Gasteiger partial charge on any atom is -0.335 e. The number of hydrogen-bond acceptors (Lipinski definition) is 4. The summed E-state index contributed by atoms with van der Waals surface area (Å²) in [6.07, 6.45) is 0. The van der Waals surface area contributed by atoms with Gasteiger partial charge in [0.25, 0.3) is 17.4 Å². The summed E-state index contributed by atoms with van der Waals surface area (Å²) in [5.41, 5.74) is 4.22. The number of nitrogens with one attached hydrogen (secondary N) is 1. The molecule has 1 N–H and O–H groups in total. The minimum absolute atomic E-state index is 0.121. The van der Waals surface area contributed by atoms with Gasteiger partial charge in [-0.15, -0.1) is 0 Å². The van der Waals surface area contributed by atoms with Gasteiger partial charge >= 0.3 is 0 Å². The lowest BCUT2D eigenvalue weighted by Gasteiger charge is -2.26. The molecule has 0 saturated heterocycles. The molecule has 7 nitrogen and oxygen atoms in total. The molecule has 0 fully saturated rings. The van der Waals surface area contributed by atoms with Gasteiger partial charge in [-0.25, -0.2) is 4.98 Å². The molecule has 0 aliphatic carbocycles. The summed E-state index contributed by atoms with van der Waals surface area (Å²) in [6.45, 7) is 6.06. The number of benzene rings is 3. The number of aromatic nitrogens is 2. The van der Waals surface area contributed by atoms with Crippen LogP contribution >= 0.6 is 0 Å². The Hall–Kier alpha value is -4.26. The molecule has 178 valence electrons. The minimum atomic E-state index is -0.244. The van der Waals surface area contributed by atoms with Crippen LogP contribution in [0.15, 0.2) is 77.6 Å². The van der Waals surface area contributed by atoms with Gasteiger partial charge < -0.3 is 14.8 Å². The predicted octanol–water partition coefficient (Wildman–Crippen LogP) is 4.81. The third kappa shape index (κ3) is 4.84. The van der Waals surface area contributed by atoms with Crippen molar-refractivity contribution < 1.29 is 9.59 Å². The maximum absolute atomic E-state index is 13.3. The van der Waals surface area contributed by atoms with Crippen molar-refractivity contribution in [1.29, 1.82) is 0 Å². The number of hydrogen-bond donors (Lipinski definition) is 1. The Morgan fingerprint density at radius 2 is 1.74 bits per heavy atom. The maximum atomic E-state index is 13.3. The van der Waals surface area contributed by atoms with Crippen molar-refractivity contribution in [2.24, 2.45) is 0 Å². The molecular weight excluding hydrogens is 440 g/mol. The molecule has 4 aromatic rings. The highest BCUT2D eigenvalue weighted by Crippen LogP contribution is 2.25. The quantitative estimate of drug-likeness (QED) is 0.440. The van der Waals surface area contributed by atoms with Gasteiger partial charge in [0.05, 0.1) is 17.1 Å². The molecule has 0 spiro atoms. The molecule has 7 heteroatoms. The van der Waals surface area contributed by atoms with Gasteiger partial charge in [0.1, 0.15) is 5.69 Å². The number of rotatable bonds is 6. The Balaban J connectivity index is 1.56. The van der Waals surface area contributed by atoms with Crippen molar-refractivity contribution in [3.8, 4) is 0 Å². The molecule has 3 aromatic carbocycles. The molecule has 1 aromatic heterocycles. The maximum Gasteiger partial charge on any atom is 0.272 e. The molecule has 2 amide bonds. The van der Waals surface area contributed by atoms with Crippen molar-refractivity contribution in [2.45, 2.75) is 33.4 Å². The van der Waals surface area contributed by atoms with Gasteiger partial charge in [0, 0.05) is 30.4 Å². The average Bonchev–Trinajstić information content (AvgIpc) is 2.88. The normalized spacial score (nSPS) is 11.8. The van der Waals surface area contributed by atoms with E-state index < -0.39 is 0 Å². The number of aryl methyl sites for hydroxylation is 2. The number of amides is 2. The summed E-state index contributed by atoms with van der Waals surface area (Å²) in [5.74, 6) is -0.351. The van der Waals surface area contributed by atoms with Crippen molar-refractivity contribution in [1.82, 2.24) is 14.5 Å². The zero-order valence-corrected chi connectivity index (χ0v) is 20.3. The number of nitrogens with zero attached hydrogens (tertiary/aromatic N) is 3. The van der Waals surface area contributed by atoms with Crippen LogP contribution in [0.3, 0.4) is 0 Å². The molecule has 0 radical (unpaired) electrons. The monoisotopic (exact) mass is 468 g/mol. The van der Waals surface area contributed by atoms with Crippen molar-refractivity contribution in [3.05, 3.63) is 106 Å². The molecule has 1 unspecified atom stereocenters. The summed E-state index contributed by atoms with van der Waals surface area (Å²) in [5, 5.41) is 2.92. The van der Waals surface area contributed by atoms with Crippen molar-refractivity contribution in [2.75, 3.05) is 12.4 Å². The van der Waals surface area contributed by atoms with Crippen LogP contribution in [0.25, 0.3) is 11.0 Å². The van der Waals surface area contributed by atoms with Crippen LogP contribution in [0, 0.1) is 6.92 Å². The van der Waals surface area contributed by atoms with Gasteiger partial charge in [-0.3, -0.25) is 14.4 Å². The topological polar surface area (TPSA) is 84.3 Å². The molecule has 0 aliphatic heterocycles. The number of fused-ring (bicyclic) bond motifs is 1. The molecule has 1 heterocycles. The highest BCUT2D eigenvalue weighted by atomic mass is 16.2. The molecule has 0 saturated carbocycles. The largest absolute Gasteiger partial charge is 0.335 e. The summed E-state index contributed by atoms with van der Waals surface area (Å²) in [7, 11) is 1.75. The van der Waals surface area contributed by atoms with Crippen LogP contribution < -0.4 is 10.9 Å². The second-order valence-electron chi connectivity index (χ2n) is 8.49. The number of carbonyl (C=O) groups is 2. The van der Waals surface area contributed by atoms with Gasteiger partial charge in [-0.2, -0.15) is 0 Å². The Labute approximate surface area is 204 Å². The summed E-state index contributed by atoms with van der Waals surface area (Å²) in [6, 6.07) is 21.5. The Kier molecular flexibility index (Phi) is 6.78. The second-order valence-corrected chi connectivity index (χ2v) is 8.49. The highest BCUT2D eigenvalue weighted by molar-refractivity contribution is 6.04. The first-order valence-electron chi connectivity index (χ1n) is 11.5. The van der Waals surface area contributed by atoms with Crippen LogP contribution in [0.4, 0.5) is 5.69 Å². The van der Waals surface area contributed by atoms with Crippen LogP contribution in [-0.2, 0) is 6.54 Å². The SMILES string of the molecule is CCn1c(=O)c(C)nc2cc(C(=O)N(C)C(C)c3cccc(NC(=O)c4ccccc4)c3)ccc21. The fourth-order valence-electron chi connectivity index (χ4n) is 4.09. The van der Waals surface area contributed by atoms with E-state index in [2.05, 4.69) is 10.3 Å². The third-order valence-corrected chi connectivity index (χ3v) is 6.24. The van der Waals surface area contributed by atoms with Crippen LogP contribution in [-0.4, -0.2) is 33.3 Å². The lowest BCUT2D eigenvalue weighted by molar-refractivity contribution is 0.0742. The van der Waals surface area contributed by atoms with Crippen molar-refractivity contribution in [3.63, 3.8) is 0 Å². The predicted molar refractivity (Wildman–Crippen MR) is 138 cm³/mol. The molecule has 35 heavy (non-hydrogen) atoms. The van der Waals surface area contributed by atoms with E-state index in [1.807, 2.05) is 56.3 Å². The molecular formula is C28H28N4O3. The van der Waals surface area contributed by atoms with Gasteiger partial charge in [0.15, 0.2) is 0 Å². The van der Waals surface area contributed by atoms with E-state index in [-0.39, 0.29) is 23.4 Å². The smallest absolute Gasteiger partial charge is 0.272 e. The molecule has 4 rings (SSSR count). The molecule has 0 bridgehead atoms. The lowest BCUT2D eigenvalue weighted by Crippen LogP contribution is -2.30. The van der Waals surface area contributed by atoms with E-state index >= 15 is 0 Å². The van der Waals surface area contributed by atoms with E-state index in [1.54, 1.807) is 53.8 Å². The van der Waals surface area contributed by atoms with E-state index in [1.165, 1.54) is 0 Å².